The van der Waals surface area contributed by atoms with Gasteiger partial charge in [0.2, 0.25) is 0 Å². The molecule has 0 amide bonds. The zero-order chi connectivity index (χ0) is 21.8. The highest BCUT2D eigenvalue weighted by atomic mass is 14.7. The van der Waals surface area contributed by atoms with Crippen molar-refractivity contribution in [1.82, 2.24) is 0 Å². The molecule has 0 saturated heterocycles. The average Bonchev–Trinajstić information content (AvgIpc) is 2.63. The highest BCUT2D eigenvalue weighted by Crippen LogP contribution is 2.75. The van der Waals surface area contributed by atoms with Gasteiger partial charge in [0.05, 0.1) is 0 Å². The molecule has 0 aromatic rings. The summed E-state index contributed by atoms with van der Waals surface area (Å²) >= 11 is 0. The van der Waals surface area contributed by atoms with Crippen molar-refractivity contribution in [3.05, 3.63) is 11.6 Å². The van der Waals surface area contributed by atoms with Crippen molar-refractivity contribution in [3.8, 4) is 0 Å². The van der Waals surface area contributed by atoms with E-state index < -0.39 is 0 Å². The third kappa shape index (κ3) is 2.64. The Bertz CT molecular complexity index is 754. The fourth-order valence-corrected chi connectivity index (χ4v) is 10.6. The third-order valence-corrected chi connectivity index (χ3v) is 12.8. The Balaban J connectivity index is 1.58. The fraction of sp³-hybridized carbons (Fsp3) is 0.933. The van der Waals surface area contributed by atoms with E-state index in [4.69, 9.17) is 0 Å². The lowest BCUT2D eigenvalue weighted by molar-refractivity contribution is -0.179. The molecule has 170 valence electrons. The summed E-state index contributed by atoms with van der Waals surface area (Å²) in [4.78, 5) is 0. The van der Waals surface area contributed by atoms with Crippen LogP contribution in [0.2, 0.25) is 0 Å². The molecule has 5 aliphatic carbocycles. The predicted molar refractivity (Wildman–Crippen MR) is 129 cm³/mol. The van der Waals surface area contributed by atoms with Crippen LogP contribution >= 0.6 is 0 Å². The molecular formula is C30H50. The smallest absolute Gasteiger partial charge is 0.00565 e. The highest BCUT2D eigenvalue weighted by molar-refractivity contribution is 5.33. The molecule has 5 rings (SSSR count). The van der Waals surface area contributed by atoms with E-state index in [1.54, 1.807) is 0 Å². The molecule has 7 atom stereocenters. The van der Waals surface area contributed by atoms with Crippen molar-refractivity contribution in [2.75, 3.05) is 0 Å². The summed E-state index contributed by atoms with van der Waals surface area (Å²) in [6.45, 7) is 21.2. The molecule has 0 nitrogen and oxygen atoms in total. The number of allylic oxidation sites excluding steroid dienone is 2. The second kappa shape index (κ2) is 6.20. The normalized spacial score (nSPS) is 54.1. The van der Waals surface area contributed by atoms with Crippen LogP contribution in [0, 0.1) is 50.2 Å². The lowest BCUT2D eigenvalue weighted by atomic mass is 9.34. The summed E-state index contributed by atoms with van der Waals surface area (Å²) in [6, 6.07) is 0. The topological polar surface area (TPSA) is 0 Å². The molecule has 0 spiro atoms. The lowest BCUT2D eigenvalue weighted by Gasteiger charge is -2.71. The van der Waals surface area contributed by atoms with E-state index in [1.807, 2.05) is 5.57 Å². The van der Waals surface area contributed by atoms with E-state index in [1.165, 1.54) is 70.6 Å². The van der Waals surface area contributed by atoms with Gasteiger partial charge in [-0.1, -0.05) is 73.5 Å². The summed E-state index contributed by atoms with van der Waals surface area (Å²) in [7, 11) is 0. The molecule has 0 bridgehead atoms. The zero-order valence-electron chi connectivity index (χ0n) is 21.6. The fourth-order valence-electron chi connectivity index (χ4n) is 10.6. The molecule has 0 radical (unpaired) electrons. The first-order chi connectivity index (χ1) is 13.8. The van der Waals surface area contributed by atoms with Crippen LogP contribution in [0.4, 0.5) is 0 Å². The van der Waals surface area contributed by atoms with Gasteiger partial charge in [-0.25, -0.2) is 0 Å². The molecule has 1 unspecified atom stereocenters. The first-order valence-corrected chi connectivity index (χ1v) is 13.5. The van der Waals surface area contributed by atoms with Gasteiger partial charge in [0.25, 0.3) is 0 Å². The first kappa shape index (κ1) is 21.6. The predicted octanol–water partition coefficient (Wildman–Crippen LogP) is 9.20. The standard InChI is InChI=1S/C30H50/c1-25(2)16-17-27(5)18-19-29(7)21(22(27)20-25)10-11-24-28(6)14-9-13-26(3,4)23(28)12-15-30(24,29)8/h10,22-24H,9,11-20H2,1-8H3/t22-,23?,24-,27-,28+,29-,30-/m1/s1. The Morgan fingerprint density at radius 2 is 1.43 bits per heavy atom. The van der Waals surface area contributed by atoms with Crippen LogP contribution in [0.15, 0.2) is 11.6 Å². The Hall–Kier alpha value is -0.260. The van der Waals surface area contributed by atoms with Crippen molar-refractivity contribution in [1.29, 1.82) is 0 Å². The molecule has 0 aliphatic heterocycles. The van der Waals surface area contributed by atoms with Gasteiger partial charge in [0.15, 0.2) is 0 Å². The second-order valence-electron chi connectivity index (χ2n) is 15.2. The van der Waals surface area contributed by atoms with E-state index in [9.17, 15) is 0 Å². The maximum Gasteiger partial charge on any atom is -0.00565 e. The summed E-state index contributed by atoms with van der Waals surface area (Å²) in [5, 5.41) is 0. The molecule has 4 saturated carbocycles. The SMILES string of the molecule is CC1(C)CC[C@]2(C)CC[C@]3(C)C(=CC[C@@H]4[C@@]5(C)CCCC(C)(C)C5CC[C@]43C)[C@H]2C1. The summed E-state index contributed by atoms with van der Waals surface area (Å²) in [6.07, 6.45) is 18.8. The van der Waals surface area contributed by atoms with Crippen LogP contribution in [0.1, 0.15) is 126 Å². The summed E-state index contributed by atoms with van der Waals surface area (Å²) in [5.41, 5.74) is 5.04. The van der Waals surface area contributed by atoms with Crippen LogP contribution in [0.25, 0.3) is 0 Å². The Kier molecular flexibility index (Phi) is 4.46. The van der Waals surface area contributed by atoms with Gasteiger partial charge in [-0.3, -0.25) is 0 Å². The maximum absolute atomic E-state index is 2.85. The van der Waals surface area contributed by atoms with E-state index in [2.05, 4.69) is 61.5 Å². The largest absolute Gasteiger partial charge is 0.0841 e. The van der Waals surface area contributed by atoms with Gasteiger partial charge in [-0.2, -0.15) is 0 Å². The minimum atomic E-state index is 0.434. The van der Waals surface area contributed by atoms with Crippen LogP contribution < -0.4 is 0 Å². The van der Waals surface area contributed by atoms with Crippen molar-refractivity contribution >= 4 is 0 Å². The van der Waals surface area contributed by atoms with E-state index in [-0.39, 0.29) is 0 Å². The van der Waals surface area contributed by atoms with Crippen LogP contribution in [0.3, 0.4) is 0 Å². The maximum atomic E-state index is 2.85. The Morgan fingerprint density at radius 1 is 0.733 bits per heavy atom. The van der Waals surface area contributed by atoms with Crippen molar-refractivity contribution in [2.45, 2.75) is 126 Å². The summed E-state index contributed by atoms with van der Waals surface area (Å²) < 4.78 is 0. The Morgan fingerprint density at radius 3 is 2.17 bits per heavy atom. The van der Waals surface area contributed by atoms with Gasteiger partial charge in [-0.15, -0.1) is 0 Å². The molecule has 0 aromatic carbocycles. The average molecular weight is 411 g/mol. The van der Waals surface area contributed by atoms with Gasteiger partial charge >= 0.3 is 0 Å². The molecule has 0 N–H and O–H groups in total. The molecule has 30 heavy (non-hydrogen) atoms. The molecule has 5 aliphatic rings. The number of fused-ring (bicyclic) bond motifs is 7. The zero-order valence-corrected chi connectivity index (χ0v) is 21.6. The molecule has 4 fully saturated rings. The van der Waals surface area contributed by atoms with Crippen molar-refractivity contribution in [2.24, 2.45) is 50.2 Å². The molecular weight excluding hydrogens is 360 g/mol. The van der Waals surface area contributed by atoms with Crippen molar-refractivity contribution < 1.29 is 0 Å². The monoisotopic (exact) mass is 410 g/mol. The van der Waals surface area contributed by atoms with Gasteiger partial charge in [0, 0.05) is 0 Å². The van der Waals surface area contributed by atoms with Crippen LogP contribution in [0.5, 0.6) is 0 Å². The van der Waals surface area contributed by atoms with Crippen LogP contribution in [-0.4, -0.2) is 0 Å². The highest BCUT2D eigenvalue weighted by Gasteiger charge is 2.66. The van der Waals surface area contributed by atoms with E-state index >= 15 is 0 Å². The second-order valence-corrected chi connectivity index (χ2v) is 15.2. The molecule has 0 aromatic heterocycles. The minimum absolute atomic E-state index is 0.434. The Labute approximate surface area is 188 Å². The van der Waals surface area contributed by atoms with Gasteiger partial charge in [0.1, 0.15) is 0 Å². The lowest BCUT2D eigenvalue weighted by Crippen LogP contribution is -2.62. The van der Waals surface area contributed by atoms with Gasteiger partial charge < -0.3 is 0 Å². The van der Waals surface area contributed by atoms with E-state index in [0.717, 1.165) is 17.8 Å². The first-order valence-electron chi connectivity index (χ1n) is 13.5. The number of rotatable bonds is 0. The van der Waals surface area contributed by atoms with Gasteiger partial charge in [-0.05, 0) is 114 Å². The molecule has 0 heterocycles. The summed E-state index contributed by atoms with van der Waals surface area (Å²) in [5.74, 6) is 2.65. The molecule has 0 heteroatoms. The minimum Gasteiger partial charge on any atom is -0.0841 e. The third-order valence-electron chi connectivity index (χ3n) is 12.8. The van der Waals surface area contributed by atoms with Crippen molar-refractivity contribution in [3.63, 3.8) is 0 Å². The van der Waals surface area contributed by atoms with Crippen LogP contribution in [-0.2, 0) is 0 Å². The number of hydrogen-bond donors (Lipinski definition) is 0. The number of hydrogen-bond acceptors (Lipinski definition) is 0. The van der Waals surface area contributed by atoms with E-state index in [0.29, 0.717) is 32.5 Å². The quantitative estimate of drug-likeness (QED) is 0.349.